The van der Waals surface area contributed by atoms with Crippen molar-refractivity contribution in [2.75, 3.05) is 44.5 Å². The number of amides is 1. The lowest BCUT2D eigenvalue weighted by Gasteiger charge is -2.31. The second-order valence-corrected chi connectivity index (χ2v) is 7.62. The summed E-state index contributed by atoms with van der Waals surface area (Å²) in [5, 5.41) is 5.76. The Morgan fingerprint density at radius 3 is 2.48 bits per heavy atom. The van der Waals surface area contributed by atoms with E-state index in [2.05, 4.69) is 59.3 Å². The average Bonchev–Trinajstić information content (AvgIpc) is 2.72. The maximum atomic E-state index is 11.8. The van der Waals surface area contributed by atoms with E-state index in [0.717, 1.165) is 75.6 Å². The summed E-state index contributed by atoms with van der Waals surface area (Å²) in [5.41, 5.74) is 4.50. The predicted molar refractivity (Wildman–Crippen MR) is 123 cm³/mol. The number of carbonyl (C=O) groups is 2. The van der Waals surface area contributed by atoms with Gasteiger partial charge >= 0.3 is 0 Å². The first-order chi connectivity index (χ1) is 14.0. The molecule has 1 aromatic carbocycles. The molecule has 1 unspecified atom stereocenters. The Hall–Kier alpha value is -2.50. The van der Waals surface area contributed by atoms with Gasteiger partial charge < -0.3 is 25.2 Å². The van der Waals surface area contributed by atoms with Gasteiger partial charge in [0.25, 0.3) is 0 Å². The molecule has 0 aliphatic rings. The normalized spacial score (nSPS) is 11.4. The molecule has 0 spiro atoms. The van der Waals surface area contributed by atoms with Gasteiger partial charge in [-0.2, -0.15) is 0 Å². The van der Waals surface area contributed by atoms with Crippen molar-refractivity contribution in [1.29, 1.82) is 0 Å². The highest BCUT2D eigenvalue weighted by Crippen LogP contribution is 2.34. The Morgan fingerprint density at radius 1 is 1.14 bits per heavy atom. The van der Waals surface area contributed by atoms with Crippen LogP contribution >= 0.6 is 0 Å². The van der Waals surface area contributed by atoms with E-state index in [1.165, 1.54) is 11.3 Å². The number of aldehydes is 1. The van der Waals surface area contributed by atoms with Crippen LogP contribution in [0, 0.1) is 0 Å². The number of hydrogen-bond acceptors (Lipinski definition) is 5. The monoisotopic (exact) mass is 402 g/mol. The number of rotatable bonds is 16. The van der Waals surface area contributed by atoms with Gasteiger partial charge in [0.05, 0.1) is 17.4 Å². The molecule has 0 saturated heterocycles. The molecule has 0 bridgehead atoms. The molecule has 0 saturated carbocycles. The summed E-state index contributed by atoms with van der Waals surface area (Å²) in [7, 11) is 7.96. The molecule has 0 fully saturated rings. The first-order valence-electron chi connectivity index (χ1n) is 10.5. The van der Waals surface area contributed by atoms with Crippen LogP contribution < -0.4 is 20.4 Å². The third-order valence-corrected chi connectivity index (χ3v) is 5.28. The van der Waals surface area contributed by atoms with E-state index in [0.29, 0.717) is 0 Å². The van der Waals surface area contributed by atoms with Gasteiger partial charge in [-0.3, -0.25) is 4.79 Å². The van der Waals surface area contributed by atoms with Crippen molar-refractivity contribution in [1.82, 2.24) is 10.6 Å². The lowest BCUT2D eigenvalue weighted by atomic mass is 10.0. The van der Waals surface area contributed by atoms with Gasteiger partial charge in [-0.25, -0.2) is 0 Å². The van der Waals surface area contributed by atoms with Gasteiger partial charge in [0, 0.05) is 40.4 Å². The van der Waals surface area contributed by atoms with Gasteiger partial charge in [-0.05, 0) is 43.7 Å². The van der Waals surface area contributed by atoms with Crippen LogP contribution in [0.2, 0.25) is 0 Å². The van der Waals surface area contributed by atoms with E-state index in [1.807, 2.05) is 14.1 Å². The van der Waals surface area contributed by atoms with Crippen LogP contribution in [0.1, 0.15) is 44.1 Å². The minimum atomic E-state index is -0.195. The Labute approximate surface area is 176 Å². The van der Waals surface area contributed by atoms with Crippen LogP contribution in [0.15, 0.2) is 30.5 Å². The summed E-state index contributed by atoms with van der Waals surface area (Å²) in [6.45, 7) is 4.71. The topological polar surface area (TPSA) is 64.7 Å². The van der Waals surface area contributed by atoms with Crippen molar-refractivity contribution in [2.45, 2.75) is 51.0 Å². The third-order valence-electron chi connectivity index (χ3n) is 5.28. The summed E-state index contributed by atoms with van der Waals surface area (Å²) in [5.74, 6) is 0. The maximum absolute atomic E-state index is 11.8. The van der Waals surface area contributed by atoms with E-state index in [1.54, 1.807) is 0 Å². The number of likely N-dealkylation sites (N-methyl/N-ethyl adjacent to an activating group) is 1. The minimum absolute atomic E-state index is 0.195. The Morgan fingerprint density at radius 2 is 1.86 bits per heavy atom. The quantitative estimate of drug-likeness (QED) is 0.329. The third kappa shape index (κ3) is 8.18. The second kappa shape index (κ2) is 13.6. The molecule has 1 aromatic rings. The highest BCUT2D eigenvalue weighted by Gasteiger charge is 2.20. The van der Waals surface area contributed by atoms with E-state index < -0.39 is 0 Å². The summed E-state index contributed by atoms with van der Waals surface area (Å²) >= 11 is 0. The molecule has 0 heterocycles. The van der Waals surface area contributed by atoms with Gasteiger partial charge in [-0.1, -0.05) is 31.6 Å². The van der Waals surface area contributed by atoms with E-state index in [9.17, 15) is 9.59 Å². The van der Waals surface area contributed by atoms with Crippen molar-refractivity contribution < 1.29 is 9.59 Å². The van der Waals surface area contributed by atoms with Crippen molar-refractivity contribution >= 4 is 24.1 Å². The molecule has 29 heavy (non-hydrogen) atoms. The lowest BCUT2D eigenvalue weighted by Crippen LogP contribution is -2.34. The number of nitrogens with zero attached hydrogens (tertiary/aromatic N) is 2. The molecule has 6 nitrogen and oxygen atoms in total. The van der Waals surface area contributed by atoms with Crippen molar-refractivity contribution in [3.05, 3.63) is 36.0 Å². The molecule has 1 rings (SSSR count). The summed E-state index contributed by atoms with van der Waals surface area (Å²) < 4.78 is 0. The van der Waals surface area contributed by atoms with Gasteiger partial charge in [-0.15, -0.1) is 0 Å². The molecule has 2 N–H and O–H groups in total. The van der Waals surface area contributed by atoms with Crippen LogP contribution in [-0.2, 0) is 16.0 Å². The second-order valence-electron chi connectivity index (χ2n) is 7.62. The fourth-order valence-corrected chi connectivity index (χ4v) is 3.51. The van der Waals surface area contributed by atoms with Crippen molar-refractivity contribution in [3.8, 4) is 0 Å². The number of benzene rings is 1. The van der Waals surface area contributed by atoms with Crippen LogP contribution in [0.4, 0.5) is 11.4 Å². The van der Waals surface area contributed by atoms with Crippen LogP contribution in [-0.4, -0.2) is 53.5 Å². The number of unbranched alkanes of at least 4 members (excludes halogenated alkanes) is 3. The van der Waals surface area contributed by atoms with Gasteiger partial charge in [0.15, 0.2) is 0 Å². The lowest BCUT2D eigenvalue weighted by molar-refractivity contribution is -0.110. The number of para-hydroxylation sites is 1. The van der Waals surface area contributed by atoms with Crippen molar-refractivity contribution in [2.24, 2.45) is 0 Å². The molecule has 0 aliphatic carbocycles. The fourth-order valence-electron chi connectivity index (χ4n) is 3.51. The highest BCUT2D eigenvalue weighted by molar-refractivity contribution is 5.78. The Bertz CT molecular complexity index is 646. The van der Waals surface area contributed by atoms with E-state index in [4.69, 9.17) is 0 Å². The molecule has 162 valence electrons. The molecule has 1 atom stereocenters. The van der Waals surface area contributed by atoms with E-state index >= 15 is 0 Å². The molecule has 0 radical (unpaired) electrons. The SMILES string of the molecule is C=C(CCC(C=O)N(C)c1cccc(CCCCCCNC=O)c1N(C)C)NC. The zero-order valence-corrected chi connectivity index (χ0v) is 18.5. The summed E-state index contributed by atoms with van der Waals surface area (Å²) in [4.78, 5) is 26.3. The first kappa shape index (κ1) is 24.5. The Balaban J connectivity index is 2.84. The van der Waals surface area contributed by atoms with Crippen LogP contribution in [0.5, 0.6) is 0 Å². The first-order valence-corrected chi connectivity index (χ1v) is 10.5. The van der Waals surface area contributed by atoms with Crippen molar-refractivity contribution in [3.63, 3.8) is 0 Å². The number of carbonyl (C=O) groups excluding carboxylic acids is 2. The van der Waals surface area contributed by atoms with Crippen LogP contribution in [0.3, 0.4) is 0 Å². The number of hydrogen-bond donors (Lipinski definition) is 2. The number of allylic oxidation sites excluding steroid dienone is 1. The smallest absolute Gasteiger partial charge is 0.207 e. The molecule has 0 aromatic heterocycles. The zero-order chi connectivity index (χ0) is 21.6. The minimum Gasteiger partial charge on any atom is -0.392 e. The largest absolute Gasteiger partial charge is 0.392 e. The standard InChI is InChI=1S/C23H38N4O2/c1-19(24-2)14-15-21(17-28)27(5)22-13-10-12-20(23(22)26(3)4)11-8-6-7-9-16-25-18-29/h10,12-13,17-18,21,24H,1,6-9,11,14-16H2,2-5H3,(H,25,29). The molecular weight excluding hydrogens is 364 g/mol. The number of nitrogens with one attached hydrogen (secondary N) is 2. The average molecular weight is 403 g/mol. The number of anilines is 2. The Kier molecular flexibility index (Phi) is 11.5. The van der Waals surface area contributed by atoms with Gasteiger partial charge in [0.2, 0.25) is 6.41 Å². The summed E-state index contributed by atoms with van der Waals surface area (Å²) in [6, 6.07) is 6.16. The van der Waals surface area contributed by atoms with Gasteiger partial charge in [0.1, 0.15) is 6.29 Å². The maximum Gasteiger partial charge on any atom is 0.207 e. The number of aryl methyl sites for hydroxylation is 1. The molecule has 0 aliphatic heterocycles. The van der Waals surface area contributed by atoms with E-state index in [-0.39, 0.29) is 6.04 Å². The summed E-state index contributed by atoms with van der Waals surface area (Å²) in [6.07, 6.45) is 8.64. The molecular formula is C23H38N4O2. The fraction of sp³-hybridized carbons (Fsp3) is 0.565. The highest BCUT2D eigenvalue weighted by atomic mass is 16.1. The molecule has 6 heteroatoms. The zero-order valence-electron chi connectivity index (χ0n) is 18.5. The molecule has 1 amide bonds. The predicted octanol–water partition coefficient (Wildman–Crippen LogP) is 3.12. The van der Waals surface area contributed by atoms with Crippen LogP contribution in [0.25, 0.3) is 0 Å².